The summed E-state index contributed by atoms with van der Waals surface area (Å²) in [6, 6.07) is 14.6. The molecule has 0 N–H and O–H groups in total. The van der Waals surface area contributed by atoms with Crippen molar-refractivity contribution in [3.8, 4) is 0 Å². The van der Waals surface area contributed by atoms with Crippen LogP contribution in [0.3, 0.4) is 0 Å². The number of fused-ring (bicyclic) bond motifs is 1. The van der Waals surface area contributed by atoms with Gasteiger partial charge in [-0.15, -0.1) is 0 Å². The minimum Gasteiger partial charge on any atom is -0.343 e. The zero-order chi connectivity index (χ0) is 23.5. The van der Waals surface area contributed by atoms with E-state index in [-0.39, 0.29) is 42.4 Å². The molecule has 0 spiro atoms. The number of carbonyl (C=O) groups excluding carboxylic acids is 4. The maximum atomic E-state index is 12.9. The van der Waals surface area contributed by atoms with Crippen LogP contribution in [-0.4, -0.2) is 52.9 Å². The molecule has 0 aromatic heterocycles. The largest absolute Gasteiger partial charge is 0.343 e. The molecule has 33 heavy (non-hydrogen) atoms. The van der Waals surface area contributed by atoms with E-state index in [2.05, 4.69) is 13.8 Å². The normalized spacial score (nSPS) is 16.5. The van der Waals surface area contributed by atoms with Gasteiger partial charge in [-0.25, -0.2) is 0 Å². The summed E-state index contributed by atoms with van der Waals surface area (Å²) in [5.41, 5.74) is 2.76. The molecule has 0 atom stereocenters. The lowest BCUT2D eigenvalue weighted by Crippen LogP contribution is -2.42. The van der Waals surface area contributed by atoms with Gasteiger partial charge < -0.3 is 4.90 Å². The molecule has 1 saturated heterocycles. The molecule has 0 saturated carbocycles. The van der Waals surface area contributed by atoms with Gasteiger partial charge in [0.2, 0.25) is 5.91 Å². The fourth-order valence-corrected chi connectivity index (χ4v) is 4.71. The number of ketones is 1. The monoisotopic (exact) mass is 446 g/mol. The number of likely N-dealkylation sites (tertiary alicyclic amines) is 1. The first-order valence-corrected chi connectivity index (χ1v) is 11.7. The number of benzene rings is 2. The minimum absolute atomic E-state index is 0.0762. The van der Waals surface area contributed by atoms with Gasteiger partial charge in [-0.1, -0.05) is 50.2 Å². The van der Waals surface area contributed by atoms with Gasteiger partial charge in [0.1, 0.15) is 0 Å². The van der Waals surface area contributed by atoms with Gasteiger partial charge in [-0.2, -0.15) is 0 Å². The molecular formula is C27H30N2O4. The van der Waals surface area contributed by atoms with E-state index in [9.17, 15) is 19.2 Å². The lowest BCUT2D eigenvalue weighted by atomic mass is 9.88. The highest BCUT2D eigenvalue weighted by Crippen LogP contribution is 2.25. The molecule has 2 aliphatic heterocycles. The van der Waals surface area contributed by atoms with Gasteiger partial charge in [0.05, 0.1) is 11.1 Å². The third kappa shape index (κ3) is 4.90. The quantitative estimate of drug-likeness (QED) is 0.476. The van der Waals surface area contributed by atoms with E-state index in [4.69, 9.17) is 0 Å². The van der Waals surface area contributed by atoms with Crippen LogP contribution in [0.15, 0.2) is 48.5 Å². The van der Waals surface area contributed by atoms with Gasteiger partial charge in [0.15, 0.2) is 5.78 Å². The van der Waals surface area contributed by atoms with Crippen molar-refractivity contribution in [2.45, 2.75) is 39.5 Å². The van der Waals surface area contributed by atoms with Crippen LogP contribution in [0.25, 0.3) is 0 Å². The Kier molecular flexibility index (Phi) is 6.72. The molecule has 0 bridgehead atoms. The Bertz CT molecular complexity index is 1030. The van der Waals surface area contributed by atoms with E-state index in [1.165, 1.54) is 5.56 Å². The topological polar surface area (TPSA) is 74.8 Å². The molecule has 3 amide bonds. The SMILES string of the molecule is CC(C)Cc1ccc(C(=O)C2CCN(C(=O)CCN3C(=O)c4ccccc4C3=O)CC2)cc1. The van der Waals surface area contributed by atoms with Gasteiger partial charge in [0, 0.05) is 37.5 Å². The van der Waals surface area contributed by atoms with Crippen LogP contribution in [-0.2, 0) is 11.2 Å². The molecule has 0 unspecified atom stereocenters. The Morgan fingerprint density at radius 1 is 0.909 bits per heavy atom. The highest BCUT2D eigenvalue weighted by molar-refractivity contribution is 6.21. The lowest BCUT2D eigenvalue weighted by molar-refractivity contribution is -0.132. The zero-order valence-electron chi connectivity index (χ0n) is 19.3. The molecule has 6 nitrogen and oxygen atoms in total. The zero-order valence-corrected chi connectivity index (χ0v) is 19.3. The van der Waals surface area contributed by atoms with Crippen molar-refractivity contribution in [1.29, 1.82) is 0 Å². The molecule has 2 aromatic carbocycles. The number of nitrogens with zero attached hydrogens (tertiary/aromatic N) is 2. The van der Waals surface area contributed by atoms with Gasteiger partial charge in [-0.05, 0) is 42.9 Å². The third-order valence-electron chi connectivity index (χ3n) is 6.53. The summed E-state index contributed by atoms with van der Waals surface area (Å²) in [6.45, 7) is 5.46. The molecule has 2 heterocycles. The van der Waals surface area contributed by atoms with Crippen LogP contribution in [0.1, 0.15) is 69.7 Å². The fourth-order valence-electron chi connectivity index (χ4n) is 4.71. The number of imide groups is 1. The average molecular weight is 447 g/mol. The van der Waals surface area contributed by atoms with E-state index in [0.29, 0.717) is 43.0 Å². The molecule has 0 radical (unpaired) electrons. The van der Waals surface area contributed by atoms with Crippen LogP contribution in [0.5, 0.6) is 0 Å². The molecule has 6 heteroatoms. The standard InChI is InChI=1S/C27H30N2O4/c1-18(2)17-19-7-9-20(10-8-19)25(31)21-11-14-28(15-12-21)24(30)13-16-29-26(32)22-5-3-4-6-23(22)27(29)33/h3-10,18,21H,11-17H2,1-2H3. The number of Topliss-reactive ketones (excluding diaryl/α,β-unsaturated/α-hetero) is 1. The molecule has 172 valence electrons. The predicted octanol–water partition coefficient (Wildman–Crippen LogP) is 3.99. The molecule has 0 aliphatic carbocycles. The van der Waals surface area contributed by atoms with Crippen molar-refractivity contribution >= 4 is 23.5 Å². The smallest absolute Gasteiger partial charge is 0.261 e. The number of carbonyl (C=O) groups is 4. The van der Waals surface area contributed by atoms with Crippen molar-refractivity contribution in [2.24, 2.45) is 11.8 Å². The third-order valence-corrected chi connectivity index (χ3v) is 6.53. The van der Waals surface area contributed by atoms with Crippen molar-refractivity contribution < 1.29 is 19.2 Å². The summed E-state index contributed by atoms with van der Waals surface area (Å²) in [5.74, 6) is -0.134. The molecular weight excluding hydrogens is 416 g/mol. The van der Waals surface area contributed by atoms with Crippen LogP contribution < -0.4 is 0 Å². The maximum absolute atomic E-state index is 12.9. The first-order valence-electron chi connectivity index (χ1n) is 11.7. The summed E-state index contributed by atoms with van der Waals surface area (Å²) < 4.78 is 0. The number of hydrogen-bond donors (Lipinski definition) is 0. The number of rotatable bonds is 7. The second kappa shape index (κ2) is 9.69. The van der Waals surface area contributed by atoms with Crippen LogP contribution in [0.4, 0.5) is 0 Å². The van der Waals surface area contributed by atoms with Gasteiger partial charge >= 0.3 is 0 Å². The average Bonchev–Trinajstić information content (AvgIpc) is 3.07. The Labute approximate surface area is 194 Å². The summed E-state index contributed by atoms with van der Waals surface area (Å²) in [6.07, 6.45) is 2.35. The minimum atomic E-state index is -0.341. The predicted molar refractivity (Wildman–Crippen MR) is 125 cm³/mol. The molecule has 2 aliphatic rings. The lowest BCUT2D eigenvalue weighted by Gasteiger charge is -2.31. The first-order chi connectivity index (χ1) is 15.8. The van der Waals surface area contributed by atoms with Crippen LogP contribution >= 0.6 is 0 Å². The Morgan fingerprint density at radius 2 is 1.48 bits per heavy atom. The van der Waals surface area contributed by atoms with Gasteiger partial charge in [-0.3, -0.25) is 24.1 Å². The second-order valence-corrected chi connectivity index (χ2v) is 9.37. The Morgan fingerprint density at radius 3 is 2.03 bits per heavy atom. The Balaban J connectivity index is 1.27. The van der Waals surface area contributed by atoms with E-state index < -0.39 is 0 Å². The molecule has 4 rings (SSSR count). The van der Waals surface area contributed by atoms with Crippen molar-refractivity contribution in [2.75, 3.05) is 19.6 Å². The summed E-state index contributed by atoms with van der Waals surface area (Å²) >= 11 is 0. The summed E-state index contributed by atoms with van der Waals surface area (Å²) in [4.78, 5) is 53.4. The number of amides is 3. The summed E-state index contributed by atoms with van der Waals surface area (Å²) in [5, 5.41) is 0. The van der Waals surface area contributed by atoms with Crippen molar-refractivity contribution in [1.82, 2.24) is 9.80 Å². The highest BCUT2D eigenvalue weighted by Gasteiger charge is 2.35. The van der Waals surface area contributed by atoms with Gasteiger partial charge in [0.25, 0.3) is 11.8 Å². The second-order valence-electron chi connectivity index (χ2n) is 9.37. The van der Waals surface area contributed by atoms with E-state index in [1.807, 2.05) is 24.3 Å². The maximum Gasteiger partial charge on any atom is 0.261 e. The highest BCUT2D eigenvalue weighted by atomic mass is 16.2. The Hall–Kier alpha value is -3.28. The molecule has 2 aromatic rings. The van der Waals surface area contributed by atoms with Crippen molar-refractivity contribution in [3.05, 3.63) is 70.8 Å². The number of hydrogen-bond acceptors (Lipinski definition) is 4. The number of piperidine rings is 1. The van der Waals surface area contributed by atoms with E-state index >= 15 is 0 Å². The van der Waals surface area contributed by atoms with Crippen LogP contribution in [0.2, 0.25) is 0 Å². The van der Waals surface area contributed by atoms with Crippen molar-refractivity contribution in [3.63, 3.8) is 0 Å². The van der Waals surface area contributed by atoms with E-state index in [1.54, 1.807) is 29.2 Å². The summed E-state index contributed by atoms with van der Waals surface area (Å²) in [7, 11) is 0. The van der Waals surface area contributed by atoms with E-state index in [0.717, 1.165) is 16.9 Å². The fraction of sp³-hybridized carbons (Fsp3) is 0.407. The molecule has 1 fully saturated rings. The van der Waals surface area contributed by atoms with Crippen LogP contribution in [0, 0.1) is 11.8 Å². The first kappa shape index (κ1) is 22.9.